The van der Waals surface area contributed by atoms with Crippen molar-refractivity contribution < 1.29 is 19.0 Å². The van der Waals surface area contributed by atoms with Gasteiger partial charge in [-0.3, -0.25) is 9.79 Å². The first-order chi connectivity index (χ1) is 11.1. The molecule has 0 radical (unpaired) electrons. The van der Waals surface area contributed by atoms with Crippen LogP contribution in [0.3, 0.4) is 0 Å². The van der Waals surface area contributed by atoms with Crippen LogP contribution < -0.4 is 5.32 Å². The maximum atomic E-state index is 11.5. The number of esters is 1. The number of carbonyl (C=O) groups is 1. The molecule has 1 saturated heterocycles. The summed E-state index contributed by atoms with van der Waals surface area (Å²) in [6.45, 7) is 9.00. The van der Waals surface area contributed by atoms with Crippen LogP contribution in [0.5, 0.6) is 0 Å². The molecule has 0 bridgehead atoms. The molecule has 24 heavy (non-hydrogen) atoms. The quantitative estimate of drug-likeness (QED) is 0.185. The van der Waals surface area contributed by atoms with E-state index in [0.717, 1.165) is 38.6 Å². The van der Waals surface area contributed by atoms with Crippen LogP contribution in [-0.4, -0.2) is 77.0 Å². The first-order valence-corrected chi connectivity index (χ1v) is 8.30. The van der Waals surface area contributed by atoms with Gasteiger partial charge in [-0.15, -0.1) is 24.0 Å². The van der Waals surface area contributed by atoms with Gasteiger partial charge in [-0.05, 0) is 13.3 Å². The Balaban J connectivity index is 0.00000529. The fourth-order valence-electron chi connectivity index (χ4n) is 2.48. The van der Waals surface area contributed by atoms with Crippen LogP contribution >= 0.6 is 24.0 Å². The summed E-state index contributed by atoms with van der Waals surface area (Å²) in [6, 6.07) is 0. The monoisotopic (exact) mass is 457 g/mol. The Hall–Kier alpha value is -0.610. The summed E-state index contributed by atoms with van der Waals surface area (Å²) >= 11 is 0. The molecule has 1 aliphatic rings. The number of ether oxygens (including phenoxy) is 3. The number of hydrogen-bond donors (Lipinski definition) is 1. The lowest BCUT2D eigenvalue weighted by Crippen LogP contribution is -2.40. The van der Waals surface area contributed by atoms with Crippen molar-refractivity contribution in [3.05, 3.63) is 0 Å². The van der Waals surface area contributed by atoms with Gasteiger partial charge in [-0.1, -0.05) is 6.92 Å². The average molecular weight is 457 g/mol. The summed E-state index contributed by atoms with van der Waals surface area (Å²) in [5, 5.41) is 3.30. The van der Waals surface area contributed by atoms with E-state index in [4.69, 9.17) is 14.2 Å². The number of methoxy groups -OCH3 is 2. The van der Waals surface area contributed by atoms with E-state index in [1.165, 1.54) is 7.11 Å². The first-order valence-electron chi connectivity index (χ1n) is 8.30. The Bertz CT molecular complexity index is 382. The summed E-state index contributed by atoms with van der Waals surface area (Å²) in [5.74, 6) is 0.913. The van der Waals surface area contributed by atoms with Gasteiger partial charge in [0.15, 0.2) is 5.96 Å². The molecule has 1 fully saturated rings. The molecule has 1 rings (SSSR count). The van der Waals surface area contributed by atoms with Gasteiger partial charge in [0, 0.05) is 32.7 Å². The molecular weight excluding hydrogens is 425 g/mol. The third-order valence-electron chi connectivity index (χ3n) is 3.82. The Kier molecular flexibility index (Phi) is 13.3. The molecule has 0 amide bonds. The summed E-state index contributed by atoms with van der Waals surface area (Å²) in [7, 11) is 3.08. The molecule has 0 spiro atoms. The van der Waals surface area contributed by atoms with E-state index in [1.807, 2.05) is 13.8 Å². The first kappa shape index (κ1) is 23.4. The van der Waals surface area contributed by atoms with Gasteiger partial charge in [-0.2, -0.15) is 0 Å². The molecule has 0 aromatic carbocycles. The van der Waals surface area contributed by atoms with Crippen LogP contribution in [0.25, 0.3) is 0 Å². The number of hydrogen-bond acceptors (Lipinski definition) is 5. The van der Waals surface area contributed by atoms with E-state index in [2.05, 4.69) is 15.2 Å². The summed E-state index contributed by atoms with van der Waals surface area (Å²) in [5.41, 5.74) is 0. The normalized spacial score (nSPS) is 18.9. The average Bonchev–Trinajstić information content (AvgIpc) is 3.03. The highest BCUT2D eigenvalue weighted by molar-refractivity contribution is 14.0. The summed E-state index contributed by atoms with van der Waals surface area (Å²) < 4.78 is 15.3. The van der Waals surface area contributed by atoms with Crippen LogP contribution in [0.15, 0.2) is 4.99 Å². The second-order valence-electron chi connectivity index (χ2n) is 5.79. The Labute approximate surface area is 162 Å². The highest BCUT2D eigenvalue weighted by Gasteiger charge is 2.25. The lowest BCUT2D eigenvalue weighted by Gasteiger charge is -2.22. The molecule has 7 nitrogen and oxygen atoms in total. The van der Waals surface area contributed by atoms with Crippen LogP contribution in [0.4, 0.5) is 0 Å². The molecule has 2 unspecified atom stereocenters. The molecule has 0 saturated carbocycles. The van der Waals surface area contributed by atoms with E-state index in [9.17, 15) is 4.79 Å². The predicted molar refractivity (Wildman–Crippen MR) is 105 cm³/mol. The second kappa shape index (κ2) is 13.7. The Morgan fingerprint density at radius 3 is 2.75 bits per heavy atom. The van der Waals surface area contributed by atoms with E-state index in [1.54, 1.807) is 7.11 Å². The van der Waals surface area contributed by atoms with Crippen LogP contribution in [0.1, 0.15) is 20.3 Å². The third kappa shape index (κ3) is 8.48. The number of likely N-dealkylation sites (tertiary alicyclic amines) is 1. The molecule has 0 aromatic rings. The number of aliphatic imine (C=N–C) groups is 1. The Morgan fingerprint density at radius 1 is 1.38 bits per heavy atom. The van der Waals surface area contributed by atoms with Gasteiger partial charge in [0.05, 0.1) is 39.4 Å². The van der Waals surface area contributed by atoms with Crippen molar-refractivity contribution in [1.82, 2.24) is 10.2 Å². The second-order valence-corrected chi connectivity index (χ2v) is 5.79. The van der Waals surface area contributed by atoms with Crippen molar-refractivity contribution in [2.45, 2.75) is 20.3 Å². The highest BCUT2D eigenvalue weighted by Crippen LogP contribution is 2.16. The van der Waals surface area contributed by atoms with Gasteiger partial charge >= 0.3 is 5.97 Å². The van der Waals surface area contributed by atoms with E-state index in [-0.39, 0.29) is 35.9 Å². The lowest BCUT2D eigenvalue weighted by atomic mass is 10.1. The maximum absolute atomic E-state index is 11.5. The van der Waals surface area contributed by atoms with E-state index < -0.39 is 0 Å². The highest BCUT2D eigenvalue weighted by atomic mass is 127. The number of guanidine groups is 1. The molecule has 1 N–H and O–H groups in total. The van der Waals surface area contributed by atoms with Gasteiger partial charge in [0.2, 0.25) is 0 Å². The molecule has 1 heterocycles. The van der Waals surface area contributed by atoms with Crippen molar-refractivity contribution >= 4 is 35.9 Å². The molecule has 142 valence electrons. The topological polar surface area (TPSA) is 72.4 Å². The Morgan fingerprint density at radius 2 is 2.12 bits per heavy atom. The summed E-state index contributed by atoms with van der Waals surface area (Å²) in [4.78, 5) is 18.3. The SMILES string of the molecule is CCNC(=NCC(C)C(=O)OC)N1CCC(COCCOC)C1.I. The van der Waals surface area contributed by atoms with Crippen molar-refractivity contribution in [2.24, 2.45) is 16.8 Å². The van der Waals surface area contributed by atoms with Crippen LogP contribution in [0, 0.1) is 11.8 Å². The molecule has 8 heteroatoms. The molecular formula is C16H32IN3O4. The molecule has 1 aliphatic heterocycles. The summed E-state index contributed by atoms with van der Waals surface area (Å²) in [6.07, 6.45) is 1.09. The molecule has 2 atom stereocenters. The zero-order valence-corrected chi connectivity index (χ0v) is 17.6. The standard InChI is InChI=1S/C16H31N3O4.HI/c1-5-17-16(18-10-13(2)15(20)22-4)19-7-6-14(11-19)12-23-9-8-21-3;/h13-14H,5-12H2,1-4H3,(H,17,18);1H. The zero-order valence-electron chi connectivity index (χ0n) is 15.2. The number of rotatable bonds is 9. The van der Waals surface area contributed by atoms with Gasteiger partial charge in [0.1, 0.15) is 0 Å². The molecule has 0 aliphatic carbocycles. The lowest BCUT2D eigenvalue weighted by molar-refractivity contribution is -0.144. The fraction of sp³-hybridized carbons (Fsp3) is 0.875. The minimum Gasteiger partial charge on any atom is -0.469 e. The van der Waals surface area contributed by atoms with Gasteiger partial charge in [0.25, 0.3) is 0 Å². The van der Waals surface area contributed by atoms with E-state index >= 15 is 0 Å². The van der Waals surface area contributed by atoms with E-state index in [0.29, 0.717) is 25.7 Å². The van der Waals surface area contributed by atoms with Gasteiger partial charge in [-0.25, -0.2) is 0 Å². The fourth-order valence-corrected chi connectivity index (χ4v) is 2.48. The minimum atomic E-state index is -0.232. The third-order valence-corrected chi connectivity index (χ3v) is 3.82. The predicted octanol–water partition coefficient (Wildman–Crippen LogP) is 1.36. The van der Waals surface area contributed by atoms with Crippen LogP contribution in [0.2, 0.25) is 0 Å². The van der Waals surface area contributed by atoms with Crippen molar-refractivity contribution in [2.75, 3.05) is 60.2 Å². The number of nitrogens with one attached hydrogen (secondary N) is 1. The minimum absolute atomic E-state index is 0. The largest absolute Gasteiger partial charge is 0.469 e. The molecule has 0 aromatic heterocycles. The van der Waals surface area contributed by atoms with Crippen molar-refractivity contribution in [3.8, 4) is 0 Å². The van der Waals surface area contributed by atoms with Crippen molar-refractivity contribution in [3.63, 3.8) is 0 Å². The van der Waals surface area contributed by atoms with Gasteiger partial charge < -0.3 is 24.4 Å². The smallest absolute Gasteiger partial charge is 0.310 e. The maximum Gasteiger partial charge on any atom is 0.310 e. The number of nitrogens with zero attached hydrogens (tertiary/aromatic N) is 2. The number of carbonyl (C=O) groups excluding carboxylic acids is 1. The zero-order chi connectivity index (χ0) is 17.1. The van der Waals surface area contributed by atoms with Crippen LogP contribution in [-0.2, 0) is 19.0 Å². The number of halogens is 1. The van der Waals surface area contributed by atoms with Crippen molar-refractivity contribution in [1.29, 1.82) is 0 Å².